The molecule has 0 aliphatic rings. The Labute approximate surface area is 113 Å². The minimum absolute atomic E-state index is 0.611. The zero-order valence-electron chi connectivity index (χ0n) is 9.48. The lowest BCUT2D eigenvalue weighted by atomic mass is 10.0. The highest BCUT2D eigenvalue weighted by molar-refractivity contribution is 7.14. The molecule has 3 rings (SSSR count). The van der Waals surface area contributed by atoms with E-state index in [1.807, 2.05) is 23.6 Å². The molecule has 3 heterocycles. The zero-order valence-corrected chi connectivity index (χ0v) is 11.1. The molecule has 0 fully saturated rings. The van der Waals surface area contributed by atoms with Crippen LogP contribution in [0, 0.1) is 0 Å². The van der Waals surface area contributed by atoms with Crippen molar-refractivity contribution < 1.29 is 5.11 Å². The molecule has 90 valence electrons. The van der Waals surface area contributed by atoms with E-state index in [1.54, 1.807) is 35.1 Å². The number of hydrogen-bond donors (Lipinski definition) is 1. The number of aliphatic hydroxyl groups is 1. The summed E-state index contributed by atoms with van der Waals surface area (Å²) in [4.78, 5) is 5.19. The Morgan fingerprint density at radius 2 is 2.11 bits per heavy atom. The highest BCUT2D eigenvalue weighted by Crippen LogP contribution is 2.36. The van der Waals surface area contributed by atoms with Crippen LogP contribution in [0.2, 0.25) is 0 Å². The normalized spacial score (nSPS) is 12.5. The van der Waals surface area contributed by atoms with E-state index >= 15 is 0 Å². The molecule has 0 aliphatic heterocycles. The molecular formula is C14H11NOS2. The predicted octanol–water partition coefficient (Wildman–Crippen LogP) is 3.95. The number of aromatic nitrogens is 1. The van der Waals surface area contributed by atoms with Gasteiger partial charge in [-0.1, -0.05) is 6.07 Å². The fourth-order valence-corrected chi connectivity index (χ4v) is 3.53. The Hall–Kier alpha value is -1.49. The van der Waals surface area contributed by atoms with E-state index in [4.69, 9.17) is 0 Å². The number of rotatable bonds is 3. The van der Waals surface area contributed by atoms with Gasteiger partial charge in [-0.05, 0) is 34.3 Å². The fourth-order valence-electron chi connectivity index (χ4n) is 1.88. The molecule has 0 bridgehead atoms. The van der Waals surface area contributed by atoms with Crippen molar-refractivity contribution in [2.45, 2.75) is 6.10 Å². The maximum Gasteiger partial charge on any atom is 0.107 e. The number of thiophene rings is 2. The summed E-state index contributed by atoms with van der Waals surface area (Å²) in [5, 5.41) is 16.6. The third kappa shape index (κ3) is 2.10. The summed E-state index contributed by atoms with van der Waals surface area (Å²) in [7, 11) is 0. The van der Waals surface area contributed by atoms with Gasteiger partial charge in [0.15, 0.2) is 0 Å². The van der Waals surface area contributed by atoms with Gasteiger partial charge in [0.05, 0.1) is 0 Å². The molecule has 1 N–H and O–H groups in total. The third-order valence-electron chi connectivity index (χ3n) is 2.77. The van der Waals surface area contributed by atoms with Crippen LogP contribution < -0.4 is 0 Å². The maximum absolute atomic E-state index is 10.4. The highest BCUT2D eigenvalue weighted by Gasteiger charge is 2.17. The molecule has 0 radical (unpaired) electrons. The van der Waals surface area contributed by atoms with E-state index in [0.29, 0.717) is 0 Å². The van der Waals surface area contributed by atoms with Crippen molar-refractivity contribution in [1.82, 2.24) is 4.98 Å². The minimum atomic E-state index is -0.611. The second-order valence-electron chi connectivity index (χ2n) is 3.91. The van der Waals surface area contributed by atoms with Crippen LogP contribution in [-0.2, 0) is 0 Å². The first-order chi connectivity index (χ1) is 8.86. The highest BCUT2D eigenvalue weighted by atomic mass is 32.1. The van der Waals surface area contributed by atoms with E-state index in [1.165, 1.54) is 5.56 Å². The van der Waals surface area contributed by atoms with Crippen molar-refractivity contribution in [2.24, 2.45) is 0 Å². The van der Waals surface area contributed by atoms with Crippen molar-refractivity contribution in [2.75, 3.05) is 0 Å². The lowest BCUT2D eigenvalue weighted by Gasteiger charge is -2.11. The van der Waals surface area contributed by atoms with Crippen LogP contribution >= 0.6 is 22.7 Å². The topological polar surface area (TPSA) is 33.1 Å². The molecule has 1 atom stereocenters. The number of aliphatic hydroxyl groups excluding tert-OH is 1. The van der Waals surface area contributed by atoms with E-state index in [0.717, 1.165) is 16.0 Å². The van der Waals surface area contributed by atoms with Crippen LogP contribution in [0.5, 0.6) is 0 Å². The Morgan fingerprint density at radius 3 is 2.83 bits per heavy atom. The summed E-state index contributed by atoms with van der Waals surface area (Å²) in [5.74, 6) is 0. The van der Waals surface area contributed by atoms with Gasteiger partial charge in [-0.25, -0.2) is 0 Å². The van der Waals surface area contributed by atoms with Gasteiger partial charge in [-0.3, -0.25) is 4.98 Å². The molecule has 0 amide bonds. The van der Waals surface area contributed by atoms with E-state index < -0.39 is 6.10 Å². The molecule has 3 aromatic heterocycles. The molecule has 0 saturated heterocycles. The van der Waals surface area contributed by atoms with Gasteiger partial charge in [-0.2, -0.15) is 11.3 Å². The predicted molar refractivity (Wildman–Crippen MR) is 75.9 cm³/mol. The van der Waals surface area contributed by atoms with Crippen LogP contribution in [-0.4, -0.2) is 10.1 Å². The smallest absolute Gasteiger partial charge is 0.107 e. The second kappa shape index (κ2) is 5.02. The van der Waals surface area contributed by atoms with Gasteiger partial charge in [-0.15, -0.1) is 11.3 Å². The van der Waals surface area contributed by atoms with Crippen molar-refractivity contribution in [3.63, 3.8) is 0 Å². The Bertz CT molecular complexity index is 616. The molecule has 0 aliphatic carbocycles. The lowest BCUT2D eigenvalue weighted by Crippen LogP contribution is -1.99. The van der Waals surface area contributed by atoms with E-state index in [-0.39, 0.29) is 0 Å². The van der Waals surface area contributed by atoms with Gasteiger partial charge in [0.1, 0.15) is 6.10 Å². The van der Waals surface area contributed by atoms with Gasteiger partial charge in [0, 0.05) is 34.0 Å². The molecular weight excluding hydrogens is 262 g/mol. The van der Waals surface area contributed by atoms with Gasteiger partial charge in [0.25, 0.3) is 0 Å². The summed E-state index contributed by atoms with van der Waals surface area (Å²) in [6.07, 6.45) is 2.81. The van der Waals surface area contributed by atoms with E-state index in [9.17, 15) is 5.11 Å². The molecule has 0 aromatic carbocycles. The fraction of sp³-hybridized carbons (Fsp3) is 0.0714. The van der Waals surface area contributed by atoms with Crippen molar-refractivity contribution in [3.05, 3.63) is 63.9 Å². The lowest BCUT2D eigenvalue weighted by molar-refractivity contribution is 0.221. The average Bonchev–Trinajstić information content (AvgIpc) is 3.09. The molecule has 3 aromatic rings. The first-order valence-electron chi connectivity index (χ1n) is 5.54. The summed E-state index contributed by atoms with van der Waals surface area (Å²) in [6.45, 7) is 0. The van der Waals surface area contributed by atoms with Crippen LogP contribution in [0.15, 0.2) is 52.8 Å². The minimum Gasteiger partial charge on any atom is -0.384 e. The van der Waals surface area contributed by atoms with Gasteiger partial charge < -0.3 is 5.11 Å². The number of pyridine rings is 1. The van der Waals surface area contributed by atoms with Crippen LogP contribution in [0.1, 0.15) is 17.2 Å². The zero-order chi connectivity index (χ0) is 12.4. The van der Waals surface area contributed by atoms with Crippen molar-refractivity contribution in [3.8, 4) is 10.4 Å². The maximum atomic E-state index is 10.4. The Morgan fingerprint density at radius 1 is 1.17 bits per heavy atom. The first kappa shape index (κ1) is 11.6. The summed E-state index contributed by atoms with van der Waals surface area (Å²) in [6, 6.07) is 7.80. The molecule has 4 heteroatoms. The Kier molecular flexibility index (Phi) is 3.23. The molecule has 0 spiro atoms. The van der Waals surface area contributed by atoms with Crippen LogP contribution in [0.3, 0.4) is 0 Å². The van der Waals surface area contributed by atoms with Crippen molar-refractivity contribution in [1.29, 1.82) is 0 Å². The average molecular weight is 273 g/mol. The van der Waals surface area contributed by atoms with Gasteiger partial charge in [0.2, 0.25) is 0 Å². The molecule has 18 heavy (non-hydrogen) atoms. The second-order valence-corrected chi connectivity index (χ2v) is 5.60. The molecule has 2 nitrogen and oxygen atoms in total. The number of nitrogens with zero attached hydrogens (tertiary/aromatic N) is 1. The standard InChI is InChI=1S/C14H11NOS2/c16-13(10-2-1-5-15-8-10)12-4-7-18-14(12)11-3-6-17-9-11/h1-9,13,16H. The van der Waals surface area contributed by atoms with Crippen LogP contribution in [0.25, 0.3) is 10.4 Å². The Balaban J connectivity index is 2.01. The summed E-state index contributed by atoms with van der Waals surface area (Å²) >= 11 is 3.32. The monoisotopic (exact) mass is 273 g/mol. The molecule has 0 saturated carbocycles. The quantitative estimate of drug-likeness (QED) is 0.783. The third-order valence-corrected chi connectivity index (χ3v) is 4.44. The SMILES string of the molecule is OC(c1cccnc1)c1ccsc1-c1ccsc1. The van der Waals surface area contributed by atoms with Crippen molar-refractivity contribution >= 4 is 22.7 Å². The van der Waals surface area contributed by atoms with Gasteiger partial charge >= 0.3 is 0 Å². The largest absolute Gasteiger partial charge is 0.384 e. The summed E-state index contributed by atoms with van der Waals surface area (Å²) in [5.41, 5.74) is 2.95. The van der Waals surface area contributed by atoms with Crippen LogP contribution in [0.4, 0.5) is 0 Å². The summed E-state index contributed by atoms with van der Waals surface area (Å²) < 4.78 is 0. The first-order valence-corrected chi connectivity index (χ1v) is 7.36. The number of hydrogen-bond acceptors (Lipinski definition) is 4. The van der Waals surface area contributed by atoms with E-state index in [2.05, 4.69) is 21.8 Å². The molecule has 1 unspecified atom stereocenters.